The van der Waals surface area contributed by atoms with Crippen LogP contribution in [-0.2, 0) is 6.54 Å². The van der Waals surface area contributed by atoms with Crippen LogP contribution in [0.15, 0.2) is 47.7 Å². The van der Waals surface area contributed by atoms with Gasteiger partial charge < -0.3 is 4.74 Å². The lowest BCUT2D eigenvalue weighted by atomic mass is 10.2. The van der Waals surface area contributed by atoms with Crippen LogP contribution in [0.5, 0.6) is 5.75 Å². The summed E-state index contributed by atoms with van der Waals surface area (Å²) in [6.45, 7) is 0.728. The molecule has 0 bridgehead atoms. The molecule has 7 nitrogen and oxygen atoms in total. The summed E-state index contributed by atoms with van der Waals surface area (Å²) in [4.78, 5) is 26.5. The number of amides is 1. The fourth-order valence-corrected chi connectivity index (χ4v) is 1.59. The molecule has 0 aliphatic heterocycles. The quantitative estimate of drug-likeness (QED) is 0.451. The summed E-state index contributed by atoms with van der Waals surface area (Å²) in [6, 6.07) is 7.93. The van der Waals surface area contributed by atoms with Crippen molar-refractivity contribution in [2.75, 3.05) is 6.61 Å². The standard InChI is InChI=1S/C13H14N4O3/c14-16-13(19)10-1-3-11(4-2-10)20-8-7-17-9-15-6-5-12(17)18/h1-6,9H,7-8,14H2,(H,16,19). The van der Waals surface area contributed by atoms with Gasteiger partial charge in [-0.2, -0.15) is 0 Å². The molecule has 0 atom stereocenters. The second-order valence-corrected chi connectivity index (χ2v) is 3.96. The van der Waals surface area contributed by atoms with Crippen LogP contribution in [0.25, 0.3) is 0 Å². The average molecular weight is 274 g/mol. The normalized spacial score (nSPS) is 10.1. The van der Waals surface area contributed by atoms with Crippen LogP contribution >= 0.6 is 0 Å². The molecule has 0 saturated carbocycles. The van der Waals surface area contributed by atoms with E-state index in [4.69, 9.17) is 10.6 Å². The van der Waals surface area contributed by atoms with E-state index in [1.807, 2.05) is 5.43 Å². The minimum Gasteiger partial charge on any atom is -0.492 e. The number of benzene rings is 1. The molecule has 0 saturated heterocycles. The van der Waals surface area contributed by atoms with E-state index in [-0.39, 0.29) is 11.5 Å². The molecule has 1 aromatic carbocycles. The molecule has 3 N–H and O–H groups in total. The second kappa shape index (κ2) is 6.48. The number of hydrazine groups is 1. The number of ether oxygens (including phenoxy) is 1. The lowest BCUT2D eigenvalue weighted by molar-refractivity contribution is 0.0953. The molecule has 0 aliphatic rings. The van der Waals surface area contributed by atoms with Gasteiger partial charge in [0.25, 0.3) is 11.5 Å². The summed E-state index contributed by atoms with van der Waals surface area (Å²) in [5.41, 5.74) is 2.37. The van der Waals surface area contributed by atoms with Crippen LogP contribution in [0, 0.1) is 0 Å². The summed E-state index contributed by atoms with van der Waals surface area (Å²) in [5, 5.41) is 0. The fourth-order valence-electron chi connectivity index (χ4n) is 1.59. The molecular formula is C13H14N4O3. The van der Waals surface area contributed by atoms with Crippen LogP contribution in [-0.4, -0.2) is 22.1 Å². The van der Waals surface area contributed by atoms with Crippen LogP contribution < -0.4 is 21.6 Å². The molecule has 1 aromatic heterocycles. The van der Waals surface area contributed by atoms with Crippen LogP contribution in [0.1, 0.15) is 10.4 Å². The molecule has 2 rings (SSSR count). The Bertz CT molecular complexity index is 637. The molecule has 0 spiro atoms. The lowest BCUT2D eigenvalue weighted by Gasteiger charge is -2.08. The van der Waals surface area contributed by atoms with Crippen LogP contribution in [0.2, 0.25) is 0 Å². The van der Waals surface area contributed by atoms with Gasteiger partial charge in [0.15, 0.2) is 0 Å². The Balaban J connectivity index is 1.90. The molecule has 0 radical (unpaired) electrons. The predicted molar refractivity (Wildman–Crippen MR) is 72.1 cm³/mol. The van der Waals surface area contributed by atoms with E-state index in [1.165, 1.54) is 23.2 Å². The van der Waals surface area contributed by atoms with Crippen molar-refractivity contribution < 1.29 is 9.53 Å². The highest BCUT2D eigenvalue weighted by molar-refractivity contribution is 5.93. The Hall–Kier alpha value is -2.67. The van der Waals surface area contributed by atoms with E-state index >= 15 is 0 Å². The molecular weight excluding hydrogens is 260 g/mol. The molecule has 0 fully saturated rings. The second-order valence-electron chi connectivity index (χ2n) is 3.96. The number of nitrogens with zero attached hydrogens (tertiary/aromatic N) is 2. The van der Waals surface area contributed by atoms with Gasteiger partial charge >= 0.3 is 0 Å². The van der Waals surface area contributed by atoms with E-state index < -0.39 is 0 Å². The fraction of sp³-hybridized carbons (Fsp3) is 0.154. The third-order valence-corrected chi connectivity index (χ3v) is 2.64. The van der Waals surface area contributed by atoms with Gasteiger partial charge in [-0.05, 0) is 24.3 Å². The number of rotatable bonds is 5. The summed E-state index contributed by atoms with van der Waals surface area (Å²) >= 11 is 0. The maximum Gasteiger partial charge on any atom is 0.265 e. The van der Waals surface area contributed by atoms with Crippen molar-refractivity contribution in [3.63, 3.8) is 0 Å². The number of nitrogen functional groups attached to an aromatic ring is 1. The zero-order valence-electron chi connectivity index (χ0n) is 10.7. The van der Waals surface area contributed by atoms with E-state index in [2.05, 4.69) is 4.98 Å². The Morgan fingerprint density at radius 3 is 2.70 bits per heavy atom. The lowest BCUT2D eigenvalue weighted by Crippen LogP contribution is -2.29. The zero-order chi connectivity index (χ0) is 14.4. The first kappa shape index (κ1) is 13.8. The number of aromatic nitrogens is 2. The minimum atomic E-state index is -0.363. The van der Waals surface area contributed by atoms with Crippen molar-refractivity contribution in [3.8, 4) is 5.75 Å². The van der Waals surface area contributed by atoms with E-state index in [1.54, 1.807) is 24.3 Å². The molecule has 2 aromatic rings. The average Bonchev–Trinajstić information content (AvgIpc) is 2.49. The molecule has 20 heavy (non-hydrogen) atoms. The van der Waals surface area contributed by atoms with E-state index in [9.17, 15) is 9.59 Å². The molecule has 0 aliphatic carbocycles. The molecule has 0 unspecified atom stereocenters. The highest BCUT2D eigenvalue weighted by Crippen LogP contribution is 2.11. The van der Waals surface area contributed by atoms with Gasteiger partial charge in [-0.25, -0.2) is 10.8 Å². The highest BCUT2D eigenvalue weighted by Gasteiger charge is 2.03. The third kappa shape index (κ3) is 3.42. The summed E-state index contributed by atoms with van der Waals surface area (Å²) in [5.74, 6) is 5.28. The Kier molecular flexibility index (Phi) is 4.46. The Labute approximate surface area is 115 Å². The van der Waals surface area contributed by atoms with Crippen LogP contribution in [0.3, 0.4) is 0 Å². The topological polar surface area (TPSA) is 99.2 Å². The SMILES string of the molecule is NNC(=O)c1ccc(OCCn2cnccc2=O)cc1. The van der Waals surface area contributed by atoms with Gasteiger partial charge in [0.05, 0.1) is 12.9 Å². The summed E-state index contributed by atoms with van der Waals surface area (Å²) < 4.78 is 6.94. The van der Waals surface area contributed by atoms with Gasteiger partial charge in [-0.3, -0.25) is 19.6 Å². The largest absolute Gasteiger partial charge is 0.492 e. The number of hydrogen-bond donors (Lipinski definition) is 2. The molecule has 104 valence electrons. The van der Waals surface area contributed by atoms with Crippen molar-refractivity contribution >= 4 is 5.91 Å². The van der Waals surface area contributed by atoms with Gasteiger partial charge in [-0.15, -0.1) is 0 Å². The number of carbonyl (C=O) groups excluding carboxylic acids is 1. The number of hydrogen-bond acceptors (Lipinski definition) is 5. The van der Waals surface area contributed by atoms with Crippen molar-refractivity contribution in [2.24, 2.45) is 5.84 Å². The van der Waals surface area contributed by atoms with Crippen molar-refractivity contribution in [2.45, 2.75) is 6.54 Å². The smallest absolute Gasteiger partial charge is 0.265 e. The molecule has 1 amide bonds. The number of carbonyl (C=O) groups is 1. The maximum atomic E-state index is 11.4. The molecule has 1 heterocycles. The third-order valence-electron chi connectivity index (χ3n) is 2.64. The first-order chi connectivity index (χ1) is 9.70. The number of nitrogens with one attached hydrogen (secondary N) is 1. The van der Waals surface area contributed by atoms with Crippen LogP contribution in [0.4, 0.5) is 0 Å². The molecule has 7 heteroatoms. The highest BCUT2D eigenvalue weighted by atomic mass is 16.5. The summed E-state index contributed by atoms with van der Waals surface area (Å²) in [6.07, 6.45) is 2.90. The Morgan fingerprint density at radius 2 is 2.05 bits per heavy atom. The van der Waals surface area contributed by atoms with E-state index in [0.29, 0.717) is 24.5 Å². The minimum absolute atomic E-state index is 0.126. The van der Waals surface area contributed by atoms with Gasteiger partial charge in [0.2, 0.25) is 0 Å². The van der Waals surface area contributed by atoms with Crippen molar-refractivity contribution in [1.29, 1.82) is 0 Å². The van der Waals surface area contributed by atoms with Crippen molar-refractivity contribution in [3.05, 3.63) is 58.8 Å². The Morgan fingerprint density at radius 1 is 1.30 bits per heavy atom. The zero-order valence-corrected chi connectivity index (χ0v) is 10.7. The van der Waals surface area contributed by atoms with Gasteiger partial charge in [-0.1, -0.05) is 0 Å². The van der Waals surface area contributed by atoms with Crippen molar-refractivity contribution in [1.82, 2.24) is 15.0 Å². The van der Waals surface area contributed by atoms with E-state index in [0.717, 1.165) is 0 Å². The first-order valence-electron chi connectivity index (χ1n) is 5.95. The maximum absolute atomic E-state index is 11.4. The monoisotopic (exact) mass is 274 g/mol. The number of nitrogens with two attached hydrogens (primary N) is 1. The predicted octanol–water partition coefficient (Wildman–Crippen LogP) is -0.0742. The summed E-state index contributed by atoms with van der Waals surface area (Å²) in [7, 11) is 0. The van der Waals surface area contributed by atoms with Gasteiger partial charge in [0.1, 0.15) is 12.4 Å². The first-order valence-corrected chi connectivity index (χ1v) is 5.95. The van der Waals surface area contributed by atoms with Gasteiger partial charge in [0, 0.05) is 17.8 Å².